The maximum absolute atomic E-state index is 13.3. The van der Waals surface area contributed by atoms with Gasteiger partial charge in [0.25, 0.3) is 5.91 Å². The lowest BCUT2D eigenvalue weighted by Crippen LogP contribution is -2.39. The second kappa shape index (κ2) is 8.22. The number of alkyl halides is 3. The summed E-state index contributed by atoms with van der Waals surface area (Å²) in [7, 11) is 0. The van der Waals surface area contributed by atoms with Gasteiger partial charge in [0.1, 0.15) is 12.0 Å². The van der Waals surface area contributed by atoms with Crippen molar-refractivity contribution in [1.82, 2.24) is 15.0 Å². The number of nitrogens with zero attached hydrogens (tertiary/aromatic N) is 3. The first-order chi connectivity index (χ1) is 14.4. The largest absolute Gasteiger partial charge is 0.416 e. The van der Waals surface area contributed by atoms with Crippen molar-refractivity contribution in [2.24, 2.45) is 0 Å². The van der Waals surface area contributed by atoms with Gasteiger partial charge in [-0.2, -0.15) is 13.2 Å². The molecule has 1 fully saturated rings. The third-order valence-electron chi connectivity index (χ3n) is 5.93. The molecule has 1 saturated heterocycles. The Hall–Kier alpha value is -2.68. The van der Waals surface area contributed by atoms with Crippen LogP contribution in [0.2, 0.25) is 0 Å². The Morgan fingerprint density at radius 1 is 1.20 bits per heavy atom. The van der Waals surface area contributed by atoms with E-state index in [2.05, 4.69) is 5.16 Å². The Kier molecular flexibility index (Phi) is 5.64. The number of amides is 1. The van der Waals surface area contributed by atoms with Crippen LogP contribution in [0, 0.1) is 0 Å². The lowest BCUT2D eigenvalue weighted by molar-refractivity contribution is -0.138. The Labute approximate surface area is 171 Å². The molecule has 0 radical (unpaired) electrons. The van der Waals surface area contributed by atoms with Crippen LogP contribution in [0.1, 0.15) is 51.7 Å². The average Bonchev–Trinajstić information content (AvgIpc) is 3.16. The van der Waals surface area contributed by atoms with Crippen molar-refractivity contribution < 1.29 is 27.3 Å². The SMILES string of the molecule is O=CCN1CCc2onc(C(=O)N3CCC(c4ccccc4C(F)(F)F)CC3)c2C1. The van der Waals surface area contributed by atoms with Gasteiger partial charge in [-0.05, 0) is 30.4 Å². The van der Waals surface area contributed by atoms with E-state index in [-0.39, 0.29) is 24.1 Å². The van der Waals surface area contributed by atoms with E-state index in [1.165, 1.54) is 12.1 Å². The van der Waals surface area contributed by atoms with Crippen molar-refractivity contribution >= 4 is 12.2 Å². The van der Waals surface area contributed by atoms with Crippen molar-refractivity contribution in [3.63, 3.8) is 0 Å². The third kappa shape index (κ3) is 3.98. The molecule has 0 spiro atoms. The van der Waals surface area contributed by atoms with Gasteiger partial charge in [-0.1, -0.05) is 23.4 Å². The molecule has 3 heterocycles. The van der Waals surface area contributed by atoms with Crippen molar-refractivity contribution in [2.75, 3.05) is 26.2 Å². The molecule has 1 amide bonds. The molecule has 0 bridgehead atoms. The molecule has 2 aliphatic rings. The molecule has 0 atom stereocenters. The van der Waals surface area contributed by atoms with E-state index in [1.807, 2.05) is 4.90 Å². The van der Waals surface area contributed by atoms with E-state index >= 15 is 0 Å². The molecule has 0 unspecified atom stereocenters. The summed E-state index contributed by atoms with van der Waals surface area (Å²) >= 11 is 0. The van der Waals surface area contributed by atoms with Crippen molar-refractivity contribution in [1.29, 1.82) is 0 Å². The van der Waals surface area contributed by atoms with Gasteiger partial charge in [0, 0.05) is 38.2 Å². The summed E-state index contributed by atoms with van der Waals surface area (Å²) in [6.45, 7) is 2.08. The number of carbonyl (C=O) groups is 2. The summed E-state index contributed by atoms with van der Waals surface area (Å²) in [5.41, 5.74) is 0.642. The molecular formula is C21H22F3N3O3. The summed E-state index contributed by atoms with van der Waals surface area (Å²) in [5, 5.41) is 3.96. The van der Waals surface area contributed by atoms with Gasteiger partial charge in [-0.25, -0.2) is 0 Å². The van der Waals surface area contributed by atoms with E-state index in [1.54, 1.807) is 11.0 Å². The van der Waals surface area contributed by atoms with E-state index in [0.29, 0.717) is 62.3 Å². The minimum absolute atomic E-state index is 0.245. The third-order valence-corrected chi connectivity index (χ3v) is 5.93. The highest BCUT2D eigenvalue weighted by atomic mass is 19.4. The highest BCUT2D eigenvalue weighted by Gasteiger charge is 2.37. The van der Waals surface area contributed by atoms with Crippen molar-refractivity contribution in [3.8, 4) is 0 Å². The van der Waals surface area contributed by atoms with Gasteiger partial charge in [-0.3, -0.25) is 9.69 Å². The number of likely N-dealkylation sites (tertiary alicyclic amines) is 1. The zero-order valence-electron chi connectivity index (χ0n) is 16.3. The van der Waals surface area contributed by atoms with Gasteiger partial charge in [-0.15, -0.1) is 0 Å². The number of benzene rings is 1. The van der Waals surface area contributed by atoms with E-state index < -0.39 is 11.7 Å². The summed E-state index contributed by atoms with van der Waals surface area (Å²) in [6, 6.07) is 5.65. The maximum atomic E-state index is 13.3. The van der Waals surface area contributed by atoms with Gasteiger partial charge < -0.3 is 14.2 Å². The zero-order valence-corrected chi connectivity index (χ0v) is 16.3. The summed E-state index contributed by atoms with van der Waals surface area (Å²) in [6.07, 6.45) is -2.08. The molecule has 2 aromatic rings. The Morgan fingerprint density at radius 2 is 1.93 bits per heavy atom. The molecule has 9 heteroatoms. The van der Waals surface area contributed by atoms with Crippen molar-refractivity contribution in [2.45, 2.75) is 37.9 Å². The quantitative estimate of drug-likeness (QED) is 0.709. The number of hydrogen-bond acceptors (Lipinski definition) is 5. The fourth-order valence-corrected chi connectivity index (χ4v) is 4.35. The van der Waals surface area contributed by atoms with Gasteiger partial charge >= 0.3 is 6.18 Å². The number of aromatic nitrogens is 1. The Morgan fingerprint density at radius 3 is 2.63 bits per heavy atom. The van der Waals surface area contributed by atoms with E-state index in [9.17, 15) is 22.8 Å². The second-order valence-corrected chi connectivity index (χ2v) is 7.74. The normalized spacial score (nSPS) is 18.3. The molecule has 6 nitrogen and oxygen atoms in total. The highest BCUT2D eigenvalue weighted by molar-refractivity contribution is 5.94. The minimum atomic E-state index is -4.39. The molecule has 1 aromatic heterocycles. The maximum Gasteiger partial charge on any atom is 0.416 e. The number of carbonyl (C=O) groups excluding carboxylic acids is 2. The van der Waals surface area contributed by atoms with Crippen LogP contribution in [0.15, 0.2) is 28.8 Å². The lowest BCUT2D eigenvalue weighted by Gasteiger charge is -2.33. The molecule has 4 rings (SSSR count). The first-order valence-corrected chi connectivity index (χ1v) is 9.97. The number of hydrogen-bond donors (Lipinski definition) is 0. The van der Waals surface area contributed by atoms with E-state index in [4.69, 9.17) is 4.52 Å². The van der Waals surface area contributed by atoms with Crippen LogP contribution >= 0.6 is 0 Å². The molecule has 2 aliphatic heterocycles. The van der Waals surface area contributed by atoms with Crippen LogP contribution in [0.25, 0.3) is 0 Å². The molecule has 0 saturated carbocycles. The lowest BCUT2D eigenvalue weighted by atomic mass is 9.86. The standard InChI is InChI=1S/C21H22F3N3O3/c22-21(23,24)17-4-2-1-3-15(17)14-5-9-27(10-6-14)20(29)19-16-13-26(11-12-28)8-7-18(16)30-25-19/h1-4,12,14H,5-11,13H2. The fourth-order valence-electron chi connectivity index (χ4n) is 4.35. The predicted octanol–water partition coefficient (Wildman–Crippen LogP) is 3.27. The smallest absolute Gasteiger partial charge is 0.360 e. The monoisotopic (exact) mass is 421 g/mol. The first-order valence-electron chi connectivity index (χ1n) is 9.97. The average molecular weight is 421 g/mol. The van der Waals surface area contributed by atoms with Crippen LogP contribution in [0.3, 0.4) is 0 Å². The number of halogens is 3. The summed E-state index contributed by atoms with van der Waals surface area (Å²) in [5.74, 6) is 0.145. The van der Waals surface area contributed by atoms with Crippen LogP contribution in [-0.4, -0.2) is 53.3 Å². The fraction of sp³-hybridized carbons (Fsp3) is 0.476. The number of aldehydes is 1. The van der Waals surface area contributed by atoms with Crippen LogP contribution in [0.5, 0.6) is 0 Å². The Bertz CT molecular complexity index is 933. The molecule has 30 heavy (non-hydrogen) atoms. The summed E-state index contributed by atoms with van der Waals surface area (Å²) in [4.78, 5) is 27.3. The van der Waals surface area contributed by atoms with Crippen LogP contribution < -0.4 is 0 Å². The number of piperidine rings is 1. The highest BCUT2D eigenvalue weighted by Crippen LogP contribution is 2.39. The molecule has 0 N–H and O–H groups in total. The molecule has 1 aromatic carbocycles. The number of fused-ring (bicyclic) bond motifs is 1. The van der Waals surface area contributed by atoms with Gasteiger partial charge in [0.2, 0.25) is 0 Å². The van der Waals surface area contributed by atoms with Crippen molar-refractivity contribution in [3.05, 3.63) is 52.4 Å². The molecule has 0 aliphatic carbocycles. The van der Waals surface area contributed by atoms with Crippen LogP contribution in [-0.2, 0) is 23.9 Å². The second-order valence-electron chi connectivity index (χ2n) is 7.74. The topological polar surface area (TPSA) is 66.7 Å². The van der Waals surface area contributed by atoms with E-state index in [0.717, 1.165) is 12.4 Å². The van der Waals surface area contributed by atoms with Gasteiger partial charge in [0.15, 0.2) is 5.69 Å². The van der Waals surface area contributed by atoms with Gasteiger partial charge in [0.05, 0.1) is 12.1 Å². The minimum Gasteiger partial charge on any atom is -0.360 e. The molecule has 160 valence electrons. The summed E-state index contributed by atoms with van der Waals surface area (Å²) < 4.78 is 45.3. The first kappa shape index (κ1) is 20.6. The molecular weight excluding hydrogens is 399 g/mol. The number of rotatable bonds is 4. The zero-order chi connectivity index (χ0) is 21.3. The Balaban J connectivity index is 1.46. The predicted molar refractivity (Wildman–Crippen MR) is 101 cm³/mol. The van der Waals surface area contributed by atoms with Crippen LogP contribution in [0.4, 0.5) is 13.2 Å².